The number of hydrogen-bond donors (Lipinski definition) is 0. The molecule has 0 spiro atoms. The molecule has 0 aliphatic carbocycles. The Balaban J connectivity index is 1.87. The van der Waals surface area contributed by atoms with Crippen molar-refractivity contribution < 1.29 is 0 Å². The Bertz CT molecular complexity index is 158. The Hall–Kier alpha value is 0.270. The van der Waals surface area contributed by atoms with E-state index in [1.807, 2.05) is 0 Å². The zero-order valence-electron chi connectivity index (χ0n) is 8.70. The van der Waals surface area contributed by atoms with Crippen LogP contribution in [-0.4, -0.2) is 60.1 Å². The van der Waals surface area contributed by atoms with Crippen LogP contribution in [0.15, 0.2) is 0 Å². The molecule has 13 heavy (non-hydrogen) atoms. The quantitative estimate of drug-likeness (QED) is 0.626. The molecule has 2 nitrogen and oxygen atoms in total. The van der Waals surface area contributed by atoms with Crippen molar-refractivity contribution in [1.82, 2.24) is 9.80 Å². The maximum atomic E-state index is 2.69. The zero-order chi connectivity index (χ0) is 9.26. The molecule has 0 aromatic rings. The van der Waals surface area contributed by atoms with E-state index in [-0.39, 0.29) is 0 Å². The Morgan fingerprint density at radius 1 is 1.23 bits per heavy atom. The van der Waals surface area contributed by atoms with E-state index in [0.717, 1.165) is 12.1 Å². The molecular formula is C10H20N2S. The summed E-state index contributed by atoms with van der Waals surface area (Å²) in [5.74, 6) is 2.68. The molecule has 2 rings (SSSR count). The van der Waals surface area contributed by atoms with Gasteiger partial charge in [-0.1, -0.05) is 0 Å². The van der Waals surface area contributed by atoms with Crippen LogP contribution >= 0.6 is 11.8 Å². The summed E-state index contributed by atoms with van der Waals surface area (Å²) in [6.45, 7) is 6.26. The average molecular weight is 200 g/mol. The lowest BCUT2D eigenvalue weighted by Gasteiger charge is -2.31. The fourth-order valence-corrected chi connectivity index (χ4v) is 3.30. The summed E-state index contributed by atoms with van der Waals surface area (Å²) < 4.78 is 0. The van der Waals surface area contributed by atoms with Crippen LogP contribution < -0.4 is 0 Å². The average Bonchev–Trinajstić information content (AvgIpc) is 2.49. The predicted octanol–water partition coefficient (Wildman–Crippen LogP) is 1.13. The molecule has 2 aliphatic heterocycles. The third-order valence-corrected chi connectivity index (χ3v) is 4.37. The van der Waals surface area contributed by atoms with Gasteiger partial charge in [0, 0.05) is 43.2 Å². The minimum absolute atomic E-state index is 0.791. The van der Waals surface area contributed by atoms with Gasteiger partial charge in [0.1, 0.15) is 0 Å². The first-order chi connectivity index (χ1) is 6.27. The molecule has 2 aliphatic rings. The minimum atomic E-state index is 0.791. The second-order valence-electron chi connectivity index (χ2n) is 4.33. The van der Waals surface area contributed by atoms with Gasteiger partial charge in [-0.05, 0) is 20.4 Å². The molecule has 2 saturated heterocycles. The number of likely N-dealkylation sites (tertiary alicyclic amines) is 1. The molecule has 2 heterocycles. The molecule has 0 radical (unpaired) electrons. The SMILES string of the molecule is CC1CC(N2CCSCC2)CN1C. The van der Waals surface area contributed by atoms with Crippen LogP contribution in [0.25, 0.3) is 0 Å². The lowest BCUT2D eigenvalue weighted by atomic mass is 10.1. The third kappa shape index (κ3) is 2.20. The van der Waals surface area contributed by atoms with Crippen LogP contribution in [0, 0.1) is 0 Å². The highest BCUT2D eigenvalue weighted by Gasteiger charge is 2.30. The summed E-state index contributed by atoms with van der Waals surface area (Å²) in [5, 5.41) is 0. The van der Waals surface area contributed by atoms with Gasteiger partial charge in [0.05, 0.1) is 0 Å². The third-order valence-electron chi connectivity index (χ3n) is 3.43. The lowest BCUT2D eigenvalue weighted by Crippen LogP contribution is -2.42. The van der Waals surface area contributed by atoms with E-state index in [4.69, 9.17) is 0 Å². The van der Waals surface area contributed by atoms with Crippen molar-refractivity contribution in [3.8, 4) is 0 Å². The second-order valence-corrected chi connectivity index (χ2v) is 5.55. The van der Waals surface area contributed by atoms with Crippen LogP contribution in [0.2, 0.25) is 0 Å². The second kappa shape index (κ2) is 4.20. The van der Waals surface area contributed by atoms with Crippen molar-refractivity contribution in [2.45, 2.75) is 25.4 Å². The van der Waals surface area contributed by atoms with Gasteiger partial charge >= 0.3 is 0 Å². The highest BCUT2D eigenvalue weighted by Crippen LogP contribution is 2.22. The fraction of sp³-hybridized carbons (Fsp3) is 1.00. The highest BCUT2D eigenvalue weighted by atomic mass is 32.2. The molecule has 0 N–H and O–H groups in total. The Morgan fingerprint density at radius 2 is 1.92 bits per heavy atom. The zero-order valence-corrected chi connectivity index (χ0v) is 9.52. The van der Waals surface area contributed by atoms with Gasteiger partial charge in [0.25, 0.3) is 0 Å². The molecule has 0 saturated carbocycles. The van der Waals surface area contributed by atoms with Crippen LogP contribution in [0.5, 0.6) is 0 Å². The largest absolute Gasteiger partial charge is 0.302 e. The van der Waals surface area contributed by atoms with E-state index in [1.54, 1.807) is 0 Å². The van der Waals surface area contributed by atoms with Crippen LogP contribution in [-0.2, 0) is 0 Å². The van der Waals surface area contributed by atoms with Gasteiger partial charge in [0.15, 0.2) is 0 Å². The molecular weight excluding hydrogens is 180 g/mol. The van der Waals surface area contributed by atoms with Crippen molar-refractivity contribution in [3.63, 3.8) is 0 Å². The van der Waals surface area contributed by atoms with Crippen LogP contribution in [0.3, 0.4) is 0 Å². The van der Waals surface area contributed by atoms with Crippen molar-refractivity contribution in [2.75, 3.05) is 38.2 Å². The van der Waals surface area contributed by atoms with E-state index in [0.29, 0.717) is 0 Å². The summed E-state index contributed by atoms with van der Waals surface area (Å²) in [6, 6.07) is 1.64. The fourth-order valence-electron chi connectivity index (χ4n) is 2.37. The van der Waals surface area contributed by atoms with E-state index in [1.165, 1.54) is 37.6 Å². The molecule has 0 amide bonds. The predicted molar refractivity (Wildman–Crippen MR) is 59.4 cm³/mol. The van der Waals surface area contributed by atoms with Crippen LogP contribution in [0.4, 0.5) is 0 Å². The summed E-state index contributed by atoms with van der Waals surface area (Å²) >= 11 is 2.10. The summed E-state index contributed by atoms with van der Waals surface area (Å²) in [5.41, 5.74) is 0. The van der Waals surface area contributed by atoms with E-state index in [9.17, 15) is 0 Å². The van der Waals surface area contributed by atoms with Gasteiger partial charge in [-0.25, -0.2) is 0 Å². The molecule has 0 aromatic heterocycles. The normalized spacial score (nSPS) is 38.3. The van der Waals surface area contributed by atoms with Gasteiger partial charge < -0.3 is 4.90 Å². The Labute approximate surface area is 85.7 Å². The molecule has 2 fully saturated rings. The van der Waals surface area contributed by atoms with Crippen molar-refractivity contribution in [2.24, 2.45) is 0 Å². The molecule has 2 atom stereocenters. The number of likely N-dealkylation sites (N-methyl/N-ethyl adjacent to an activating group) is 1. The van der Waals surface area contributed by atoms with Gasteiger partial charge in [0.2, 0.25) is 0 Å². The number of nitrogens with zero attached hydrogens (tertiary/aromatic N) is 2. The van der Waals surface area contributed by atoms with E-state index >= 15 is 0 Å². The molecule has 2 unspecified atom stereocenters. The maximum Gasteiger partial charge on any atom is 0.0238 e. The first-order valence-electron chi connectivity index (χ1n) is 5.29. The van der Waals surface area contributed by atoms with Crippen molar-refractivity contribution in [3.05, 3.63) is 0 Å². The molecule has 3 heteroatoms. The smallest absolute Gasteiger partial charge is 0.0238 e. The van der Waals surface area contributed by atoms with E-state index in [2.05, 4.69) is 35.5 Å². The maximum absolute atomic E-state index is 2.69. The topological polar surface area (TPSA) is 6.48 Å². The Kier molecular flexibility index (Phi) is 3.17. The minimum Gasteiger partial charge on any atom is -0.302 e. The van der Waals surface area contributed by atoms with Crippen LogP contribution in [0.1, 0.15) is 13.3 Å². The van der Waals surface area contributed by atoms with Gasteiger partial charge in [-0.15, -0.1) is 0 Å². The van der Waals surface area contributed by atoms with Crippen molar-refractivity contribution >= 4 is 11.8 Å². The molecule has 76 valence electrons. The van der Waals surface area contributed by atoms with Gasteiger partial charge in [-0.2, -0.15) is 11.8 Å². The summed E-state index contributed by atoms with van der Waals surface area (Å²) in [6.07, 6.45) is 1.38. The summed E-state index contributed by atoms with van der Waals surface area (Å²) in [4.78, 5) is 5.18. The molecule has 0 aromatic carbocycles. The highest BCUT2D eigenvalue weighted by molar-refractivity contribution is 7.99. The molecule has 0 bridgehead atoms. The standard InChI is InChI=1S/C10H20N2S/c1-9-7-10(8-11(9)2)12-3-5-13-6-4-12/h9-10H,3-8H2,1-2H3. The van der Waals surface area contributed by atoms with E-state index < -0.39 is 0 Å². The van der Waals surface area contributed by atoms with Gasteiger partial charge in [-0.3, -0.25) is 4.90 Å². The van der Waals surface area contributed by atoms with Crippen molar-refractivity contribution in [1.29, 1.82) is 0 Å². The summed E-state index contributed by atoms with van der Waals surface area (Å²) in [7, 11) is 2.25. The Morgan fingerprint density at radius 3 is 2.46 bits per heavy atom. The lowest BCUT2D eigenvalue weighted by molar-refractivity contribution is 0.217. The first-order valence-corrected chi connectivity index (χ1v) is 6.45. The first kappa shape index (κ1) is 9.81. The number of thioether (sulfide) groups is 1. The monoisotopic (exact) mass is 200 g/mol. The number of rotatable bonds is 1. The number of hydrogen-bond acceptors (Lipinski definition) is 3.